The summed E-state index contributed by atoms with van der Waals surface area (Å²) in [6, 6.07) is 0. The number of carbonyl (C=O) groups excluding carboxylic acids is 2. The van der Waals surface area contributed by atoms with E-state index in [-0.39, 0.29) is 18.3 Å². The van der Waals surface area contributed by atoms with Crippen LogP contribution in [0.25, 0.3) is 0 Å². The van der Waals surface area contributed by atoms with Crippen LogP contribution in [0.4, 0.5) is 0 Å². The van der Waals surface area contributed by atoms with Gasteiger partial charge >= 0.3 is 0 Å². The van der Waals surface area contributed by atoms with Crippen LogP contribution in [-0.2, 0) is 9.59 Å². The Kier molecular flexibility index (Phi) is 11.3. The molecule has 1 aliphatic carbocycles. The number of carbonyl (C=O) groups is 2. The van der Waals surface area contributed by atoms with Gasteiger partial charge in [0.1, 0.15) is 12.4 Å². The number of allylic oxidation sites excluding steroid dienone is 2. The number of hydrogen-bond acceptors (Lipinski definition) is 4. The maximum Gasteiger partial charge on any atom is 0.158 e. The monoisotopic (exact) mass is 350 g/mol. The van der Waals surface area contributed by atoms with Crippen molar-refractivity contribution in [2.75, 3.05) is 6.61 Å². The van der Waals surface area contributed by atoms with Gasteiger partial charge in [-0.3, -0.25) is 9.59 Å². The zero-order chi connectivity index (χ0) is 18.5. The Bertz CT molecular complexity index is 453. The second-order valence-corrected chi connectivity index (χ2v) is 6.99. The first kappa shape index (κ1) is 21.8. The van der Waals surface area contributed by atoms with Crippen molar-refractivity contribution in [2.24, 2.45) is 11.8 Å². The molecule has 1 fully saturated rings. The third-order valence-corrected chi connectivity index (χ3v) is 4.91. The number of aliphatic hydroxyl groups excluding tert-OH is 2. The second-order valence-electron chi connectivity index (χ2n) is 6.99. The van der Waals surface area contributed by atoms with Crippen LogP contribution in [0.15, 0.2) is 24.3 Å². The Morgan fingerprint density at radius 2 is 2.00 bits per heavy atom. The quantitative estimate of drug-likeness (QED) is 0.392. The molecular formula is C21H34O4. The molecule has 25 heavy (non-hydrogen) atoms. The third-order valence-electron chi connectivity index (χ3n) is 4.91. The molecular weight excluding hydrogens is 316 g/mol. The molecule has 1 unspecified atom stereocenters. The molecule has 0 spiro atoms. The Morgan fingerprint density at radius 1 is 1.24 bits per heavy atom. The minimum Gasteiger partial charge on any atom is -0.389 e. The van der Waals surface area contributed by atoms with Crippen molar-refractivity contribution >= 4 is 11.6 Å². The van der Waals surface area contributed by atoms with Crippen LogP contribution < -0.4 is 0 Å². The average molecular weight is 350 g/mol. The lowest BCUT2D eigenvalue weighted by Gasteiger charge is -2.15. The van der Waals surface area contributed by atoms with Crippen molar-refractivity contribution in [3.05, 3.63) is 24.3 Å². The van der Waals surface area contributed by atoms with Gasteiger partial charge < -0.3 is 10.2 Å². The van der Waals surface area contributed by atoms with E-state index in [2.05, 4.69) is 6.08 Å². The van der Waals surface area contributed by atoms with Crippen LogP contribution in [0.2, 0.25) is 0 Å². The summed E-state index contributed by atoms with van der Waals surface area (Å²) < 4.78 is 0. The SMILES string of the molecule is CCC=CC(O)CC=C[C@H]1CCC(=O)[C@@H]1CCCCCCC(=O)CO. The molecule has 0 heterocycles. The molecule has 0 saturated heterocycles. The highest BCUT2D eigenvalue weighted by Crippen LogP contribution is 2.34. The summed E-state index contributed by atoms with van der Waals surface area (Å²) in [6.07, 6.45) is 15.8. The number of unbranched alkanes of at least 4 members (excludes halogenated alkanes) is 3. The van der Waals surface area contributed by atoms with Crippen molar-refractivity contribution < 1.29 is 19.8 Å². The van der Waals surface area contributed by atoms with Crippen molar-refractivity contribution in [1.29, 1.82) is 0 Å². The number of Topliss-reactive ketones (excluding diaryl/α,β-unsaturated/α-hetero) is 2. The average Bonchev–Trinajstić information content (AvgIpc) is 2.95. The van der Waals surface area contributed by atoms with Gasteiger partial charge in [0.15, 0.2) is 5.78 Å². The molecule has 1 aliphatic rings. The Hall–Kier alpha value is -1.26. The normalized spacial score (nSPS) is 22.3. The van der Waals surface area contributed by atoms with E-state index in [0.29, 0.717) is 31.0 Å². The first-order valence-corrected chi connectivity index (χ1v) is 9.75. The fourth-order valence-corrected chi connectivity index (χ4v) is 3.42. The highest BCUT2D eigenvalue weighted by atomic mass is 16.3. The molecule has 0 aromatic carbocycles. The van der Waals surface area contributed by atoms with Crippen LogP contribution in [0.5, 0.6) is 0 Å². The van der Waals surface area contributed by atoms with Crippen LogP contribution >= 0.6 is 0 Å². The largest absolute Gasteiger partial charge is 0.389 e. The summed E-state index contributed by atoms with van der Waals surface area (Å²) in [7, 11) is 0. The topological polar surface area (TPSA) is 74.6 Å². The fraction of sp³-hybridized carbons (Fsp3) is 0.714. The number of ketones is 2. The maximum atomic E-state index is 12.1. The summed E-state index contributed by atoms with van der Waals surface area (Å²) in [5.41, 5.74) is 0. The molecule has 4 heteroatoms. The zero-order valence-electron chi connectivity index (χ0n) is 15.5. The summed E-state index contributed by atoms with van der Waals surface area (Å²) in [5, 5.41) is 18.5. The Morgan fingerprint density at radius 3 is 2.72 bits per heavy atom. The van der Waals surface area contributed by atoms with Crippen LogP contribution in [0, 0.1) is 11.8 Å². The highest BCUT2D eigenvalue weighted by molar-refractivity contribution is 5.83. The molecule has 0 radical (unpaired) electrons. The number of aliphatic hydroxyl groups is 2. The Balaban J connectivity index is 2.27. The lowest BCUT2D eigenvalue weighted by molar-refractivity contribution is -0.122. The smallest absolute Gasteiger partial charge is 0.158 e. The van der Waals surface area contributed by atoms with Crippen molar-refractivity contribution in [3.8, 4) is 0 Å². The van der Waals surface area contributed by atoms with Gasteiger partial charge in [-0.2, -0.15) is 0 Å². The lowest BCUT2D eigenvalue weighted by Crippen LogP contribution is -2.13. The molecule has 142 valence electrons. The molecule has 0 aromatic rings. The van der Waals surface area contributed by atoms with E-state index in [1.54, 1.807) is 0 Å². The van der Waals surface area contributed by atoms with Gasteiger partial charge in [0, 0.05) is 18.8 Å². The third kappa shape index (κ3) is 9.13. The predicted octanol–water partition coefficient (Wildman–Crippen LogP) is 3.76. The molecule has 0 aliphatic heterocycles. The van der Waals surface area contributed by atoms with E-state index in [9.17, 15) is 14.7 Å². The van der Waals surface area contributed by atoms with Gasteiger partial charge in [-0.05, 0) is 38.0 Å². The predicted molar refractivity (Wildman–Crippen MR) is 100 cm³/mol. The van der Waals surface area contributed by atoms with Gasteiger partial charge in [0.05, 0.1) is 6.10 Å². The van der Waals surface area contributed by atoms with E-state index in [0.717, 1.165) is 44.9 Å². The molecule has 0 amide bonds. The van der Waals surface area contributed by atoms with Gasteiger partial charge in [-0.25, -0.2) is 0 Å². The lowest BCUT2D eigenvalue weighted by atomic mass is 9.89. The van der Waals surface area contributed by atoms with Gasteiger partial charge in [-0.15, -0.1) is 0 Å². The standard InChI is InChI=1S/C21H34O4/c1-2-3-10-18(23)12-8-9-17-14-15-21(25)20(17)13-7-5-4-6-11-19(24)16-22/h3,8-10,17-18,20,22-23H,2,4-7,11-16H2,1H3/t17-,18?,20+/m0/s1. The van der Waals surface area contributed by atoms with Gasteiger partial charge in [-0.1, -0.05) is 50.5 Å². The minimum atomic E-state index is -0.437. The molecule has 0 bridgehead atoms. The van der Waals surface area contributed by atoms with Crippen molar-refractivity contribution in [3.63, 3.8) is 0 Å². The van der Waals surface area contributed by atoms with E-state index in [1.165, 1.54) is 0 Å². The van der Waals surface area contributed by atoms with Crippen LogP contribution in [-0.4, -0.2) is 34.5 Å². The van der Waals surface area contributed by atoms with E-state index < -0.39 is 6.10 Å². The van der Waals surface area contributed by atoms with E-state index in [4.69, 9.17) is 5.11 Å². The number of hydrogen-bond donors (Lipinski definition) is 2. The summed E-state index contributed by atoms with van der Waals surface area (Å²) in [6.45, 7) is 1.69. The number of rotatable bonds is 13. The zero-order valence-corrected chi connectivity index (χ0v) is 15.5. The summed E-state index contributed by atoms with van der Waals surface area (Å²) in [5.74, 6) is 0.716. The molecule has 0 aromatic heterocycles. The summed E-state index contributed by atoms with van der Waals surface area (Å²) >= 11 is 0. The first-order valence-electron chi connectivity index (χ1n) is 9.75. The molecule has 1 saturated carbocycles. The Labute approximate surface area is 152 Å². The molecule has 2 N–H and O–H groups in total. The van der Waals surface area contributed by atoms with Gasteiger partial charge in [0.25, 0.3) is 0 Å². The minimum absolute atomic E-state index is 0.0906. The second kappa shape index (κ2) is 13.0. The fourth-order valence-electron chi connectivity index (χ4n) is 3.42. The molecule has 4 nitrogen and oxygen atoms in total. The van der Waals surface area contributed by atoms with Crippen molar-refractivity contribution in [1.82, 2.24) is 0 Å². The van der Waals surface area contributed by atoms with E-state index in [1.807, 2.05) is 25.2 Å². The molecule has 1 rings (SSSR count). The van der Waals surface area contributed by atoms with Gasteiger partial charge in [0.2, 0.25) is 0 Å². The van der Waals surface area contributed by atoms with Crippen molar-refractivity contribution in [2.45, 2.75) is 77.2 Å². The van der Waals surface area contributed by atoms with Crippen LogP contribution in [0.3, 0.4) is 0 Å². The highest BCUT2D eigenvalue weighted by Gasteiger charge is 2.32. The van der Waals surface area contributed by atoms with E-state index >= 15 is 0 Å². The summed E-state index contributed by atoms with van der Waals surface area (Å²) in [4.78, 5) is 23.1. The first-order chi connectivity index (χ1) is 12.1. The molecule has 3 atom stereocenters. The van der Waals surface area contributed by atoms with Crippen LogP contribution in [0.1, 0.15) is 71.1 Å². The maximum absolute atomic E-state index is 12.1.